The van der Waals surface area contributed by atoms with Crippen LogP contribution in [0.15, 0.2) is 65.1 Å². The molecule has 0 fully saturated rings. The van der Waals surface area contributed by atoms with Gasteiger partial charge in [-0.15, -0.1) is 0 Å². The molecule has 2 aromatic carbocycles. The molecule has 0 atom stereocenters. The van der Waals surface area contributed by atoms with Crippen LogP contribution in [0.5, 0.6) is 5.75 Å². The van der Waals surface area contributed by atoms with Crippen molar-refractivity contribution >= 4 is 7.60 Å². The molecule has 178 valence electrons. The lowest BCUT2D eigenvalue weighted by molar-refractivity contribution is 0.304. The number of halogens is 1. The minimum atomic E-state index is -3.97. The first kappa shape index (κ1) is 25.2. The standard InChI is InChI=1S/C25H31FNO5P/c26-25-14-13-24(32-25)22-18-21(19-27-15-7-17-33(28,29)30)11-12-23(22)31-16-6-2-5-10-20-8-3-1-4-9-20/h1,3-4,8-9,11-14,18,27H,2,5-7,10,15-17,19H2,(H2,28,29,30). The van der Waals surface area contributed by atoms with Crippen molar-refractivity contribution in [2.75, 3.05) is 19.3 Å². The quantitative estimate of drug-likeness (QED) is 0.210. The summed E-state index contributed by atoms with van der Waals surface area (Å²) in [6.07, 6.45) is 4.35. The Morgan fingerprint density at radius 1 is 0.939 bits per heavy atom. The Hall–Kier alpha value is -2.44. The minimum absolute atomic E-state index is 0.144. The van der Waals surface area contributed by atoms with E-state index in [2.05, 4.69) is 29.6 Å². The number of ether oxygens (including phenoxy) is 1. The van der Waals surface area contributed by atoms with Gasteiger partial charge in [-0.25, -0.2) is 0 Å². The number of rotatable bonds is 14. The van der Waals surface area contributed by atoms with Gasteiger partial charge in [0.2, 0.25) is 0 Å². The Morgan fingerprint density at radius 3 is 2.48 bits per heavy atom. The number of furan rings is 1. The number of nitrogens with one attached hydrogen (secondary N) is 1. The normalized spacial score (nSPS) is 11.6. The Kier molecular flexibility index (Phi) is 9.70. The highest BCUT2D eigenvalue weighted by atomic mass is 31.2. The lowest BCUT2D eigenvalue weighted by atomic mass is 10.1. The summed E-state index contributed by atoms with van der Waals surface area (Å²) >= 11 is 0. The summed E-state index contributed by atoms with van der Waals surface area (Å²) in [7, 11) is -3.97. The Morgan fingerprint density at radius 2 is 1.76 bits per heavy atom. The lowest BCUT2D eigenvalue weighted by Crippen LogP contribution is -2.16. The van der Waals surface area contributed by atoms with Crippen LogP contribution in [0.4, 0.5) is 4.39 Å². The molecular formula is C25H31FNO5P. The van der Waals surface area contributed by atoms with E-state index < -0.39 is 13.6 Å². The molecule has 1 heterocycles. The highest BCUT2D eigenvalue weighted by Crippen LogP contribution is 2.35. The van der Waals surface area contributed by atoms with Crippen molar-refractivity contribution in [3.05, 3.63) is 77.8 Å². The van der Waals surface area contributed by atoms with E-state index >= 15 is 0 Å². The molecular weight excluding hydrogens is 444 g/mol. The van der Waals surface area contributed by atoms with Crippen LogP contribution < -0.4 is 10.1 Å². The van der Waals surface area contributed by atoms with Crippen molar-refractivity contribution < 1.29 is 27.9 Å². The van der Waals surface area contributed by atoms with Gasteiger partial charge in [-0.3, -0.25) is 4.57 Å². The SMILES string of the molecule is O=P(O)(O)CCCNCc1ccc(OCCCCCc2ccccc2)c(-c2ccc(F)o2)c1. The van der Waals surface area contributed by atoms with E-state index in [4.69, 9.17) is 18.9 Å². The minimum Gasteiger partial charge on any atom is -0.493 e. The van der Waals surface area contributed by atoms with Crippen molar-refractivity contribution in [3.8, 4) is 17.1 Å². The average molecular weight is 475 g/mol. The average Bonchev–Trinajstić information content (AvgIpc) is 3.22. The third-order valence-corrected chi connectivity index (χ3v) is 6.12. The Bertz CT molecular complexity index is 1030. The Labute approximate surface area is 194 Å². The van der Waals surface area contributed by atoms with Gasteiger partial charge in [-0.05, 0) is 68.0 Å². The van der Waals surface area contributed by atoms with Crippen LogP contribution in [0.2, 0.25) is 0 Å². The molecule has 0 spiro atoms. The molecule has 6 nitrogen and oxygen atoms in total. The molecule has 3 aromatic rings. The second-order valence-corrected chi connectivity index (χ2v) is 9.77. The zero-order valence-electron chi connectivity index (χ0n) is 18.6. The van der Waals surface area contributed by atoms with Crippen molar-refractivity contribution in [3.63, 3.8) is 0 Å². The third-order valence-electron chi connectivity index (χ3n) is 5.22. The summed E-state index contributed by atoms with van der Waals surface area (Å²) in [5.74, 6) is 1.03. The maximum absolute atomic E-state index is 13.5. The fourth-order valence-corrected chi connectivity index (χ4v) is 4.11. The predicted molar refractivity (Wildman–Crippen MR) is 127 cm³/mol. The first-order valence-electron chi connectivity index (χ1n) is 11.2. The second kappa shape index (κ2) is 12.7. The van der Waals surface area contributed by atoms with Crippen LogP contribution in [-0.2, 0) is 17.5 Å². The molecule has 0 radical (unpaired) electrons. The smallest absolute Gasteiger partial charge is 0.325 e. The predicted octanol–water partition coefficient (Wildman–Crippen LogP) is 5.53. The number of unbranched alkanes of at least 4 members (excludes halogenated alkanes) is 2. The van der Waals surface area contributed by atoms with E-state index in [-0.39, 0.29) is 6.16 Å². The van der Waals surface area contributed by atoms with Crippen LogP contribution in [0, 0.1) is 6.01 Å². The highest BCUT2D eigenvalue weighted by Gasteiger charge is 2.13. The Balaban J connectivity index is 1.51. The molecule has 3 N–H and O–H groups in total. The molecule has 8 heteroatoms. The summed E-state index contributed by atoms with van der Waals surface area (Å²) in [6, 6.07) is 18.3. The summed E-state index contributed by atoms with van der Waals surface area (Å²) in [5.41, 5.74) is 2.96. The molecule has 0 saturated heterocycles. The van der Waals surface area contributed by atoms with E-state index in [1.807, 2.05) is 24.3 Å². The van der Waals surface area contributed by atoms with Crippen LogP contribution >= 0.6 is 7.60 Å². The van der Waals surface area contributed by atoms with Crippen molar-refractivity contribution in [1.29, 1.82) is 0 Å². The van der Waals surface area contributed by atoms with Gasteiger partial charge >= 0.3 is 7.60 Å². The molecule has 3 rings (SSSR count). The van der Waals surface area contributed by atoms with Gasteiger partial charge in [0.15, 0.2) is 0 Å². The van der Waals surface area contributed by atoms with Gasteiger partial charge in [-0.2, -0.15) is 4.39 Å². The topological polar surface area (TPSA) is 91.9 Å². The molecule has 0 amide bonds. The van der Waals surface area contributed by atoms with E-state index in [9.17, 15) is 8.96 Å². The van der Waals surface area contributed by atoms with Gasteiger partial charge in [0, 0.05) is 12.6 Å². The van der Waals surface area contributed by atoms with Crippen LogP contribution in [-0.4, -0.2) is 29.1 Å². The summed E-state index contributed by atoms with van der Waals surface area (Å²) < 4.78 is 35.6. The largest absolute Gasteiger partial charge is 0.493 e. The van der Waals surface area contributed by atoms with E-state index in [1.165, 1.54) is 11.6 Å². The monoisotopic (exact) mass is 475 g/mol. The molecule has 33 heavy (non-hydrogen) atoms. The van der Waals surface area contributed by atoms with Crippen LogP contribution in [0.3, 0.4) is 0 Å². The first-order chi connectivity index (χ1) is 15.9. The molecule has 0 aliphatic rings. The summed E-state index contributed by atoms with van der Waals surface area (Å²) in [4.78, 5) is 17.9. The zero-order valence-corrected chi connectivity index (χ0v) is 19.5. The second-order valence-electron chi connectivity index (χ2n) is 8.00. The number of hydrogen-bond acceptors (Lipinski definition) is 4. The van der Waals surface area contributed by atoms with Gasteiger partial charge in [-0.1, -0.05) is 36.4 Å². The summed E-state index contributed by atoms with van der Waals surface area (Å²) in [5, 5.41) is 3.17. The lowest BCUT2D eigenvalue weighted by Gasteiger charge is -2.13. The van der Waals surface area contributed by atoms with Crippen molar-refractivity contribution in [1.82, 2.24) is 5.32 Å². The zero-order chi connectivity index (χ0) is 23.5. The molecule has 0 bridgehead atoms. The maximum Gasteiger partial charge on any atom is 0.325 e. The van der Waals surface area contributed by atoms with E-state index in [0.29, 0.717) is 43.2 Å². The number of hydrogen-bond donors (Lipinski definition) is 3. The summed E-state index contributed by atoms with van der Waals surface area (Å²) in [6.45, 7) is 1.55. The van der Waals surface area contributed by atoms with Gasteiger partial charge in [0.05, 0.1) is 18.3 Å². The fraction of sp³-hybridized carbons (Fsp3) is 0.360. The first-order valence-corrected chi connectivity index (χ1v) is 13.0. The molecule has 0 unspecified atom stereocenters. The third kappa shape index (κ3) is 9.14. The van der Waals surface area contributed by atoms with Gasteiger partial charge < -0.3 is 24.3 Å². The molecule has 0 aliphatic carbocycles. The van der Waals surface area contributed by atoms with Crippen LogP contribution in [0.1, 0.15) is 36.8 Å². The maximum atomic E-state index is 13.5. The molecule has 0 saturated carbocycles. The molecule has 0 aliphatic heterocycles. The van der Waals surface area contributed by atoms with E-state index in [1.54, 1.807) is 6.07 Å². The van der Waals surface area contributed by atoms with Gasteiger partial charge in [0.1, 0.15) is 11.5 Å². The van der Waals surface area contributed by atoms with Crippen molar-refractivity contribution in [2.45, 2.75) is 38.6 Å². The number of aryl methyl sites for hydroxylation is 1. The van der Waals surface area contributed by atoms with E-state index in [0.717, 1.165) is 31.2 Å². The highest BCUT2D eigenvalue weighted by molar-refractivity contribution is 7.51. The molecule has 1 aromatic heterocycles. The number of benzene rings is 2. The fourth-order valence-electron chi connectivity index (χ4n) is 3.54. The van der Waals surface area contributed by atoms with Gasteiger partial charge in [0.25, 0.3) is 6.01 Å². The van der Waals surface area contributed by atoms with Crippen molar-refractivity contribution in [2.24, 2.45) is 0 Å². The van der Waals surface area contributed by atoms with Crippen LogP contribution in [0.25, 0.3) is 11.3 Å².